The zero-order chi connectivity index (χ0) is 15.5. The first kappa shape index (κ1) is 16.2. The summed E-state index contributed by atoms with van der Waals surface area (Å²) in [5, 5.41) is 3.34. The molecule has 1 saturated heterocycles. The van der Waals surface area contributed by atoms with E-state index in [1.807, 2.05) is 20.8 Å². The van der Waals surface area contributed by atoms with Crippen LogP contribution in [0.5, 0.6) is 0 Å². The maximum absolute atomic E-state index is 12.7. The SMILES string of the molecule is COC1(C(=O)OC(C)(C)C)C=CC=NC1C1CCNCC1. The van der Waals surface area contributed by atoms with Crippen molar-refractivity contribution in [3.63, 3.8) is 0 Å². The van der Waals surface area contributed by atoms with Gasteiger partial charge in [0.25, 0.3) is 0 Å². The van der Waals surface area contributed by atoms with Crippen LogP contribution in [0.25, 0.3) is 0 Å². The number of carbonyl (C=O) groups excluding carboxylic acids is 1. The lowest BCUT2D eigenvalue weighted by molar-refractivity contribution is -0.178. The van der Waals surface area contributed by atoms with Crippen LogP contribution in [0, 0.1) is 5.92 Å². The molecule has 0 aromatic heterocycles. The van der Waals surface area contributed by atoms with Crippen molar-refractivity contribution >= 4 is 12.2 Å². The Labute approximate surface area is 126 Å². The topological polar surface area (TPSA) is 59.9 Å². The number of allylic oxidation sites excluding steroid dienone is 1. The lowest BCUT2D eigenvalue weighted by Crippen LogP contribution is -2.56. The molecule has 0 saturated carbocycles. The highest BCUT2D eigenvalue weighted by atomic mass is 16.6. The molecule has 118 valence electrons. The van der Waals surface area contributed by atoms with Crippen LogP contribution in [0.15, 0.2) is 17.1 Å². The predicted octanol–water partition coefficient (Wildman–Crippen LogP) is 1.72. The lowest BCUT2D eigenvalue weighted by atomic mass is 9.78. The van der Waals surface area contributed by atoms with Crippen LogP contribution >= 0.6 is 0 Å². The highest BCUT2D eigenvalue weighted by Gasteiger charge is 2.50. The minimum absolute atomic E-state index is 0.218. The van der Waals surface area contributed by atoms with Gasteiger partial charge < -0.3 is 14.8 Å². The number of nitrogens with zero attached hydrogens (tertiary/aromatic N) is 1. The van der Waals surface area contributed by atoms with Gasteiger partial charge in [0.05, 0.1) is 6.04 Å². The molecule has 2 aliphatic rings. The minimum atomic E-state index is -1.11. The third kappa shape index (κ3) is 3.52. The summed E-state index contributed by atoms with van der Waals surface area (Å²) in [4.78, 5) is 17.3. The molecule has 2 aliphatic heterocycles. The second kappa shape index (κ2) is 6.28. The molecule has 0 aromatic carbocycles. The molecule has 0 aromatic rings. The van der Waals surface area contributed by atoms with Crippen LogP contribution in [-0.4, -0.2) is 49.6 Å². The van der Waals surface area contributed by atoms with E-state index in [-0.39, 0.29) is 12.0 Å². The summed E-state index contributed by atoms with van der Waals surface area (Å²) in [5.41, 5.74) is -1.65. The van der Waals surface area contributed by atoms with Gasteiger partial charge in [-0.3, -0.25) is 4.99 Å². The molecular formula is C16H26N2O3. The average Bonchev–Trinajstić information content (AvgIpc) is 2.46. The molecule has 2 heterocycles. The van der Waals surface area contributed by atoms with Crippen LogP contribution in [0.2, 0.25) is 0 Å². The van der Waals surface area contributed by atoms with Crippen molar-refractivity contribution in [1.82, 2.24) is 5.32 Å². The third-order valence-electron chi connectivity index (χ3n) is 4.00. The molecule has 0 amide bonds. The van der Waals surface area contributed by atoms with E-state index < -0.39 is 11.2 Å². The van der Waals surface area contributed by atoms with Gasteiger partial charge in [0.1, 0.15) is 5.60 Å². The number of methoxy groups -OCH3 is 1. The van der Waals surface area contributed by atoms with Crippen molar-refractivity contribution in [3.8, 4) is 0 Å². The zero-order valence-electron chi connectivity index (χ0n) is 13.4. The second-order valence-electron chi connectivity index (χ2n) is 6.69. The number of ether oxygens (including phenoxy) is 2. The van der Waals surface area contributed by atoms with Gasteiger partial charge in [0.15, 0.2) is 0 Å². The van der Waals surface area contributed by atoms with Gasteiger partial charge in [0.2, 0.25) is 5.60 Å². The fourth-order valence-corrected chi connectivity index (χ4v) is 2.99. The molecular weight excluding hydrogens is 268 g/mol. The predicted molar refractivity (Wildman–Crippen MR) is 82.6 cm³/mol. The van der Waals surface area contributed by atoms with E-state index in [4.69, 9.17) is 9.47 Å². The zero-order valence-corrected chi connectivity index (χ0v) is 13.4. The monoisotopic (exact) mass is 294 g/mol. The number of nitrogens with one attached hydrogen (secondary N) is 1. The Balaban J connectivity index is 2.26. The van der Waals surface area contributed by atoms with Crippen LogP contribution < -0.4 is 5.32 Å². The minimum Gasteiger partial charge on any atom is -0.458 e. The number of aliphatic imine (C=N–C) groups is 1. The fourth-order valence-electron chi connectivity index (χ4n) is 2.99. The maximum atomic E-state index is 12.7. The van der Waals surface area contributed by atoms with Gasteiger partial charge in [-0.05, 0) is 64.8 Å². The van der Waals surface area contributed by atoms with E-state index in [2.05, 4.69) is 10.3 Å². The summed E-state index contributed by atoms with van der Waals surface area (Å²) in [6.45, 7) is 7.50. The number of carbonyl (C=O) groups is 1. The van der Waals surface area contributed by atoms with Gasteiger partial charge in [-0.2, -0.15) is 0 Å². The lowest BCUT2D eigenvalue weighted by Gasteiger charge is -2.41. The van der Waals surface area contributed by atoms with Crippen molar-refractivity contribution in [2.45, 2.75) is 50.9 Å². The molecule has 0 spiro atoms. The summed E-state index contributed by atoms with van der Waals surface area (Å²) >= 11 is 0. The number of rotatable bonds is 3. The molecule has 5 heteroatoms. The molecule has 0 bridgehead atoms. The number of piperidine rings is 1. The summed E-state index contributed by atoms with van der Waals surface area (Å²) in [6.07, 6.45) is 7.30. The van der Waals surface area contributed by atoms with Crippen LogP contribution in [0.3, 0.4) is 0 Å². The summed E-state index contributed by atoms with van der Waals surface area (Å²) in [6, 6.07) is -0.218. The van der Waals surface area contributed by atoms with Crippen LogP contribution in [0.1, 0.15) is 33.6 Å². The fraction of sp³-hybridized carbons (Fsp3) is 0.750. The quantitative estimate of drug-likeness (QED) is 0.805. The first-order valence-electron chi connectivity index (χ1n) is 7.59. The maximum Gasteiger partial charge on any atom is 0.345 e. The number of esters is 1. The molecule has 21 heavy (non-hydrogen) atoms. The molecule has 1 fully saturated rings. The average molecular weight is 294 g/mol. The molecule has 2 rings (SSSR count). The number of hydrogen-bond donors (Lipinski definition) is 1. The molecule has 2 atom stereocenters. The number of dihydropyridines is 1. The van der Waals surface area contributed by atoms with Crippen molar-refractivity contribution in [2.75, 3.05) is 20.2 Å². The van der Waals surface area contributed by atoms with E-state index in [1.165, 1.54) is 0 Å². The molecule has 0 radical (unpaired) electrons. The van der Waals surface area contributed by atoms with Crippen molar-refractivity contribution < 1.29 is 14.3 Å². The van der Waals surface area contributed by atoms with E-state index in [9.17, 15) is 4.79 Å². The van der Waals surface area contributed by atoms with Crippen LogP contribution in [-0.2, 0) is 14.3 Å². The molecule has 1 N–H and O–H groups in total. The van der Waals surface area contributed by atoms with E-state index in [1.54, 1.807) is 25.5 Å². The normalized spacial score (nSPS) is 30.4. The Bertz CT molecular complexity index is 433. The first-order valence-corrected chi connectivity index (χ1v) is 7.59. The van der Waals surface area contributed by atoms with E-state index in [0.29, 0.717) is 5.92 Å². The van der Waals surface area contributed by atoms with Gasteiger partial charge in [-0.25, -0.2) is 4.79 Å². The van der Waals surface area contributed by atoms with E-state index in [0.717, 1.165) is 25.9 Å². The Kier molecular flexibility index (Phi) is 4.84. The van der Waals surface area contributed by atoms with Crippen molar-refractivity contribution in [2.24, 2.45) is 10.9 Å². The van der Waals surface area contributed by atoms with Crippen molar-refractivity contribution in [1.29, 1.82) is 0 Å². The Morgan fingerprint density at radius 3 is 2.57 bits per heavy atom. The van der Waals surface area contributed by atoms with E-state index >= 15 is 0 Å². The van der Waals surface area contributed by atoms with Gasteiger partial charge in [-0.15, -0.1) is 0 Å². The second-order valence-corrected chi connectivity index (χ2v) is 6.69. The summed E-state index contributed by atoms with van der Waals surface area (Å²) < 4.78 is 11.2. The Morgan fingerprint density at radius 1 is 1.33 bits per heavy atom. The Morgan fingerprint density at radius 2 is 2.00 bits per heavy atom. The molecule has 5 nitrogen and oxygen atoms in total. The highest BCUT2D eigenvalue weighted by molar-refractivity contribution is 5.87. The standard InChI is InChI=1S/C16H26N2O3/c1-15(2,3)21-14(19)16(20-4)8-5-9-18-13(16)12-6-10-17-11-7-12/h5,8-9,12-13,17H,6-7,10-11H2,1-4H3. The van der Waals surface area contributed by atoms with Gasteiger partial charge in [-0.1, -0.05) is 0 Å². The molecule has 0 aliphatic carbocycles. The largest absolute Gasteiger partial charge is 0.458 e. The third-order valence-corrected chi connectivity index (χ3v) is 4.00. The highest BCUT2D eigenvalue weighted by Crippen LogP contribution is 2.34. The molecule has 2 unspecified atom stereocenters. The summed E-state index contributed by atoms with van der Waals surface area (Å²) in [7, 11) is 1.56. The van der Waals surface area contributed by atoms with Crippen molar-refractivity contribution in [3.05, 3.63) is 12.2 Å². The van der Waals surface area contributed by atoms with Crippen LogP contribution in [0.4, 0.5) is 0 Å². The van der Waals surface area contributed by atoms with Gasteiger partial charge >= 0.3 is 5.97 Å². The number of hydrogen-bond acceptors (Lipinski definition) is 5. The first-order chi connectivity index (χ1) is 9.89. The van der Waals surface area contributed by atoms with Gasteiger partial charge in [0, 0.05) is 13.3 Å². The smallest absolute Gasteiger partial charge is 0.345 e. The Hall–Kier alpha value is -1.20. The summed E-state index contributed by atoms with van der Waals surface area (Å²) in [5.74, 6) is -0.0333.